The fraction of sp³-hybridized carbons (Fsp3) is 0.0667. The fourth-order valence-electron chi connectivity index (χ4n) is 1.79. The molecule has 2 aromatic rings. The Morgan fingerprint density at radius 1 is 1.14 bits per heavy atom. The fourth-order valence-corrected chi connectivity index (χ4v) is 1.79. The average Bonchev–Trinajstić information content (AvgIpc) is 2.48. The smallest absolute Gasteiger partial charge is 0.343 e. The highest BCUT2D eigenvalue weighted by Crippen LogP contribution is 2.20. The summed E-state index contributed by atoms with van der Waals surface area (Å²) in [6.07, 6.45) is 0. The molecule has 0 unspecified atom stereocenters. The van der Waals surface area contributed by atoms with E-state index in [1.54, 1.807) is 0 Å². The highest BCUT2D eigenvalue weighted by molar-refractivity contribution is 6.32. The lowest BCUT2D eigenvalue weighted by atomic mass is 9.93. The third-order valence-corrected chi connectivity index (χ3v) is 2.90. The lowest BCUT2D eigenvalue weighted by Crippen LogP contribution is -2.13. The van der Waals surface area contributed by atoms with Gasteiger partial charge in [-0.15, -0.1) is 0 Å². The van der Waals surface area contributed by atoms with Crippen LogP contribution in [0.3, 0.4) is 0 Å². The molecule has 22 heavy (non-hydrogen) atoms. The third kappa shape index (κ3) is 3.38. The Morgan fingerprint density at radius 2 is 1.77 bits per heavy atom. The van der Waals surface area contributed by atoms with E-state index in [1.807, 2.05) is 0 Å². The molecule has 0 saturated carbocycles. The van der Waals surface area contributed by atoms with Crippen LogP contribution >= 0.6 is 0 Å². The number of benzene rings is 2. The largest absolute Gasteiger partial charge is 0.422 e. The van der Waals surface area contributed by atoms with Gasteiger partial charge in [0.05, 0.1) is 16.1 Å². The van der Waals surface area contributed by atoms with Crippen molar-refractivity contribution in [2.45, 2.75) is 6.92 Å². The van der Waals surface area contributed by atoms with Crippen LogP contribution in [0.15, 0.2) is 42.5 Å². The Kier molecular flexibility index (Phi) is 4.36. The molecular weight excluding hydrogens is 285 g/mol. The number of carbonyl (C=O) groups is 2. The molecule has 0 atom stereocenters. The van der Waals surface area contributed by atoms with Crippen LogP contribution in [-0.4, -0.2) is 24.5 Å². The summed E-state index contributed by atoms with van der Waals surface area (Å²) in [5.41, 5.74) is 0.570. The summed E-state index contributed by atoms with van der Waals surface area (Å²) in [7, 11) is 5.60. The second-order valence-electron chi connectivity index (χ2n) is 4.51. The molecular formula is C15H10BNO5. The van der Waals surface area contributed by atoms with Crippen molar-refractivity contribution in [1.29, 1.82) is 0 Å². The molecule has 108 valence electrons. The summed E-state index contributed by atoms with van der Waals surface area (Å²) in [4.78, 5) is 33.6. The van der Waals surface area contributed by atoms with Crippen molar-refractivity contribution in [3.63, 3.8) is 0 Å². The Labute approximate surface area is 127 Å². The molecule has 2 aromatic carbocycles. The second kappa shape index (κ2) is 6.21. The Bertz CT molecular complexity index is 755. The summed E-state index contributed by atoms with van der Waals surface area (Å²) in [6.45, 7) is 1.33. The average molecular weight is 295 g/mol. The molecule has 0 fully saturated rings. The maximum atomic E-state index is 12.0. The van der Waals surface area contributed by atoms with Crippen LogP contribution < -0.4 is 10.2 Å². The summed E-state index contributed by atoms with van der Waals surface area (Å²) in [6, 6.07) is 9.31. The number of hydrogen-bond donors (Lipinski definition) is 0. The number of non-ortho nitro benzene ring substituents is 1. The number of hydrogen-bond acceptors (Lipinski definition) is 5. The molecule has 0 aliphatic carbocycles. The normalized spacial score (nSPS) is 10.0. The summed E-state index contributed by atoms with van der Waals surface area (Å²) in [5.74, 6) is -0.925. The summed E-state index contributed by atoms with van der Waals surface area (Å²) in [5, 5.41) is 10.6. The van der Waals surface area contributed by atoms with Gasteiger partial charge >= 0.3 is 5.97 Å². The third-order valence-electron chi connectivity index (χ3n) is 2.90. The first-order valence-electron chi connectivity index (χ1n) is 6.25. The molecule has 0 aliphatic rings. The van der Waals surface area contributed by atoms with Gasteiger partial charge in [-0.3, -0.25) is 14.9 Å². The van der Waals surface area contributed by atoms with Crippen LogP contribution in [0, 0.1) is 10.1 Å². The highest BCUT2D eigenvalue weighted by atomic mass is 16.6. The van der Waals surface area contributed by atoms with Gasteiger partial charge in [-0.1, -0.05) is 17.6 Å². The first kappa shape index (κ1) is 15.4. The van der Waals surface area contributed by atoms with Gasteiger partial charge in [0, 0.05) is 12.1 Å². The molecule has 0 spiro atoms. The van der Waals surface area contributed by atoms with E-state index < -0.39 is 10.9 Å². The first-order valence-corrected chi connectivity index (χ1v) is 6.25. The van der Waals surface area contributed by atoms with E-state index in [2.05, 4.69) is 0 Å². The van der Waals surface area contributed by atoms with Crippen molar-refractivity contribution in [1.82, 2.24) is 0 Å². The van der Waals surface area contributed by atoms with Gasteiger partial charge in [-0.25, -0.2) is 4.79 Å². The zero-order valence-corrected chi connectivity index (χ0v) is 11.6. The molecule has 0 aromatic heterocycles. The molecule has 2 rings (SSSR count). The predicted octanol–water partition coefficient (Wildman–Crippen LogP) is 1.81. The van der Waals surface area contributed by atoms with Crippen LogP contribution in [0.1, 0.15) is 27.6 Å². The van der Waals surface area contributed by atoms with E-state index in [4.69, 9.17) is 12.6 Å². The molecule has 0 bridgehead atoms. The molecule has 0 amide bonds. The van der Waals surface area contributed by atoms with Crippen LogP contribution in [-0.2, 0) is 0 Å². The van der Waals surface area contributed by atoms with E-state index in [0.717, 1.165) is 0 Å². The van der Waals surface area contributed by atoms with Crippen molar-refractivity contribution in [2.24, 2.45) is 0 Å². The van der Waals surface area contributed by atoms with Gasteiger partial charge in [0.1, 0.15) is 13.6 Å². The number of nitro benzene ring substituents is 1. The zero-order valence-electron chi connectivity index (χ0n) is 11.6. The van der Waals surface area contributed by atoms with Crippen molar-refractivity contribution < 1.29 is 19.2 Å². The molecule has 2 radical (unpaired) electrons. The summed E-state index contributed by atoms with van der Waals surface area (Å²) < 4.78 is 5.16. The van der Waals surface area contributed by atoms with Crippen LogP contribution in [0.25, 0.3) is 0 Å². The van der Waals surface area contributed by atoms with Gasteiger partial charge in [-0.05, 0) is 25.1 Å². The highest BCUT2D eigenvalue weighted by Gasteiger charge is 2.15. The maximum Gasteiger partial charge on any atom is 0.343 e. The van der Waals surface area contributed by atoms with Crippen LogP contribution in [0.5, 0.6) is 5.75 Å². The van der Waals surface area contributed by atoms with Gasteiger partial charge in [0.25, 0.3) is 5.69 Å². The molecule has 6 nitrogen and oxygen atoms in total. The number of ketones is 1. The molecule has 0 aliphatic heterocycles. The van der Waals surface area contributed by atoms with E-state index >= 15 is 0 Å². The number of carbonyl (C=O) groups excluding carboxylic acids is 2. The Balaban J connectivity index is 2.25. The zero-order chi connectivity index (χ0) is 16.3. The van der Waals surface area contributed by atoms with Gasteiger partial charge < -0.3 is 4.74 Å². The van der Waals surface area contributed by atoms with Crippen molar-refractivity contribution >= 4 is 30.7 Å². The van der Waals surface area contributed by atoms with E-state index in [1.165, 1.54) is 49.4 Å². The monoisotopic (exact) mass is 295 g/mol. The van der Waals surface area contributed by atoms with Crippen LogP contribution in [0.2, 0.25) is 0 Å². The van der Waals surface area contributed by atoms with Gasteiger partial charge in [-0.2, -0.15) is 0 Å². The van der Waals surface area contributed by atoms with Crippen molar-refractivity contribution in [2.75, 3.05) is 0 Å². The van der Waals surface area contributed by atoms with Gasteiger partial charge in [0.2, 0.25) is 0 Å². The van der Waals surface area contributed by atoms with Crippen molar-refractivity contribution in [3.8, 4) is 5.75 Å². The molecule has 0 saturated heterocycles. The number of nitrogens with zero attached hydrogens (tertiary/aromatic N) is 1. The minimum atomic E-state index is -0.720. The van der Waals surface area contributed by atoms with E-state index in [0.29, 0.717) is 5.46 Å². The standard InChI is InChI=1S/C15H10BNO5/c1-9(18)13-8-11(16)4-7-14(13)22-15(19)10-2-5-12(6-3-10)17(20)21/h2-8H,1H3. The second-order valence-corrected chi connectivity index (χ2v) is 4.51. The minimum Gasteiger partial charge on any atom is -0.422 e. The van der Waals surface area contributed by atoms with E-state index in [-0.39, 0.29) is 28.3 Å². The number of ether oxygens (including phenoxy) is 1. The number of nitro groups is 1. The SMILES string of the molecule is [B]c1ccc(OC(=O)c2ccc([N+](=O)[O-])cc2)c(C(C)=O)c1. The molecule has 0 heterocycles. The lowest BCUT2D eigenvalue weighted by molar-refractivity contribution is -0.384. The molecule has 7 heteroatoms. The van der Waals surface area contributed by atoms with Crippen molar-refractivity contribution in [3.05, 3.63) is 63.7 Å². The quantitative estimate of drug-likeness (QED) is 0.214. The Morgan fingerprint density at radius 3 is 2.32 bits per heavy atom. The Hall–Kier alpha value is -2.96. The topological polar surface area (TPSA) is 86.5 Å². The summed E-state index contributed by atoms with van der Waals surface area (Å²) >= 11 is 0. The number of esters is 1. The number of rotatable bonds is 4. The number of Topliss-reactive ketones (excluding diaryl/α,β-unsaturated/α-hetero) is 1. The maximum absolute atomic E-state index is 12.0. The first-order chi connectivity index (χ1) is 10.4. The van der Waals surface area contributed by atoms with Crippen LogP contribution in [0.4, 0.5) is 5.69 Å². The lowest BCUT2D eigenvalue weighted by Gasteiger charge is -2.09. The van der Waals surface area contributed by atoms with E-state index in [9.17, 15) is 19.7 Å². The predicted molar refractivity (Wildman–Crippen MR) is 79.9 cm³/mol. The molecule has 0 N–H and O–H groups in total. The minimum absolute atomic E-state index is 0.0880. The van der Waals surface area contributed by atoms with Gasteiger partial charge in [0.15, 0.2) is 5.78 Å².